The monoisotopic (exact) mass is 390 g/mol. The zero-order valence-electron chi connectivity index (χ0n) is 5.91. The van der Waals surface area contributed by atoms with Crippen LogP contribution in [-0.2, 0) is 27.7 Å². The maximum atomic E-state index is 5.64. The van der Waals surface area contributed by atoms with Gasteiger partial charge in [-0.1, -0.05) is 11.6 Å². The minimum absolute atomic E-state index is 0. The summed E-state index contributed by atoms with van der Waals surface area (Å²) in [6.07, 6.45) is 2.77. The summed E-state index contributed by atoms with van der Waals surface area (Å²) < 4.78 is 0. The van der Waals surface area contributed by atoms with Crippen LogP contribution in [0.4, 0.5) is 0 Å². The minimum Gasteiger partial charge on any atom is -1.00 e. The summed E-state index contributed by atoms with van der Waals surface area (Å²) in [5.41, 5.74) is 1.10. The Morgan fingerprint density at radius 3 is 2.67 bits per heavy atom. The molecular weight excluding hydrogens is 388 g/mol. The fraction of sp³-hybridized carbons (Fsp3) is 0. The molecule has 0 spiro atoms. The van der Waals surface area contributed by atoms with E-state index in [1.165, 1.54) is 12.7 Å². The number of rotatable bonds is 0. The van der Waals surface area contributed by atoms with Crippen molar-refractivity contribution in [1.82, 2.24) is 19.9 Å². The van der Waals surface area contributed by atoms with Crippen molar-refractivity contribution < 1.29 is 40.1 Å². The third kappa shape index (κ3) is 2.05. The van der Waals surface area contributed by atoms with Crippen molar-refractivity contribution in [2.24, 2.45) is 0 Å². The first kappa shape index (κ1) is 12.1. The molecule has 12 heavy (non-hydrogen) atoms. The van der Waals surface area contributed by atoms with Crippen molar-refractivity contribution in [1.29, 1.82) is 0 Å². The molecule has 58 valence electrons. The maximum Gasteiger partial charge on any atom is 2.00 e. The SMILES string of the molecule is Clc1ncnc2[n-]cnc12.[Cl-].[Hg+2]. The Kier molecular flexibility index (Phi) is 4.97. The zero-order valence-corrected chi connectivity index (χ0v) is 12.9. The molecule has 0 aliphatic carbocycles. The number of imidazole rings is 1. The summed E-state index contributed by atoms with van der Waals surface area (Å²) in [7, 11) is 0. The van der Waals surface area contributed by atoms with Crippen molar-refractivity contribution in [3.63, 3.8) is 0 Å². The van der Waals surface area contributed by atoms with Crippen LogP contribution in [0.25, 0.3) is 11.2 Å². The summed E-state index contributed by atoms with van der Waals surface area (Å²) in [5, 5.41) is 0.350. The van der Waals surface area contributed by atoms with Gasteiger partial charge in [-0.3, -0.25) is 0 Å². The molecule has 2 aromatic heterocycles. The second-order valence-corrected chi connectivity index (χ2v) is 2.07. The van der Waals surface area contributed by atoms with E-state index in [0.29, 0.717) is 16.3 Å². The Morgan fingerprint density at radius 1 is 1.25 bits per heavy atom. The molecule has 0 N–H and O–H groups in total. The van der Waals surface area contributed by atoms with E-state index in [4.69, 9.17) is 11.6 Å². The number of halogens is 2. The molecule has 0 saturated heterocycles. The van der Waals surface area contributed by atoms with Crippen LogP contribution in [-0.4, -0.2) is 15.0 Å². The zero-order chi connectivity index (χ0) is 6.97. The van der Waals surface area contributed by atoms with Gasteiger partial charge in [0.15, 0.2) is 0 Å². The summed E-state index contributed by atoms with van der Waals surface area (Å²) >= 11 is 5.64. The number of hydrogen-bond donors (Lipinski definition) is 0. The van der Waals surface area contributed by atoms with E-state index in [-0.39, 0.29) is 40.1 Å². The van der Waals surface area contributed by atoms with Gasteiger partial charge in [-0.15, -0.1) is 0 Å². The number of aromatic nitrogens is 4. The molecule has 0 radical (unpaired) electrons. The average Bonchev–Trinajstić information content (AvgIpc) is 2.36. The van der Waals surface area contributed by atoms with E-state index in [0.717, 1.165) is 0 Å². The standard InChI is InChI=1S/C5H2ClN4.ClH.Hg/c6-4-3-5(9-1-7-3)10-2-8-4;;/h1-2H;1H;/q-1;;+2/p-1. The Labute approximate surface area is 100 Å². The van der Waals surface area contributed by atoms with Crippen LogP contribution < -0.4 is 17.4 Å². The molecule has 0 atom stereocenters. The molecule has 0 fully saturated rings. The summed E-state index contributed by atoms with van der Waals surface area (Å²) in [4.78, 5) is 15.2. The fourth-order valence-corrected chi connectivity index (χ4v) is 0.873. The van der Waals surface area contributed by atoms with Gasteiger partial charge in [0, 0.05) is 17.5 Å². The van der Waals surface area contributed by atoms with Crippen molar-refractivity contribution in [3.05, 3.63) is 17.8 Å². The molecule has 0 amide bonds. The van der Waals surface area contributed by atoms with E-state index in [1.54, 1.807) is 0 Å². The van der Waals surface area contributed by atoms with Crippen LogP contribution in [0, 0.1) is 0 Å². The Balaban J connectivity index is 0.000000605. The largest absolute Gasteiger partial charge is 2.00 e. The van der Waals surface area contributed by atoms with Crippen molar-refractivity contribution >= 4 is 22.8 Å². The molecule has 7 heteroatoms. The first-order chi connectivity index (χ1) is 4.88. The third-order valence-electron chi connectivity index (χ3n) is 1.13. The molecule has 2 rings (SSSR count). The van der Waals surface area contributed by atoms with Crippen LogP contribution in [0.1, 0.15) is 0 Å². The molecule has 0 aliphatic heterocycles. The predicted octanol–water partition coefficient (Wildman–Crippen LogP) is -2.36. The van der Waals surface area contributed by atoms with E-state index >= 15 is 0 Å². The number of nitrogens with zero attached hydrogens (tertiary/aromatic N) is 4. The molecular formula is C5H2Cl2HgN4. The van der Waals surface area contributed by atoms with Gasteiger partial charge in [0.05, 0.1) is 0 Å². The van der Waals surface area contributed by atoms with E-state index < -0.39 is 0 Å². The van der Waals surface area contributed by atoms with Gasteiger partial charge in [-0.05, 0) is 6.33 Å². The summed E-state index contributed by atoms with van der Waals surface area (Å²) in [6, 6.07) is 0. The van der Waals surface area contributed by atoms with Gasteiger partial charge >= 0.3 is 27.7 Å². The molecule has 0 aromatic carbocycles. The van der Waals surface area contributed by atoms with Crippen LogP contribution in [0.5, 0.6) is 0 Å². The van der Waals surface area contributed by atoms with Crippen LogP contribution in [0.3, 0.4) is 0 Å². The minimum atomic E-state index is 0. The van der Waals surface area contributed by atoms with Gasteiger partial charge in [-0.25, -0.2) is 4.98 Å². The second-order valence-electron chi connectivity index (χ2n) is 1.71. The third-order valence-corrected chi connectivity index (χ3v) is 1.40. The Morgan fingerprint density at radius 2 is 2.00 bits per heavy atom. The van der Waals surface area contributed by atoms with Gasteiger partial charge in [0.2, 0.25) is 0 Å². The maximum absolute atomic E-state index is 5.64. The predicted molar refractivity (Wildman–Crippen MR) is 35.7 cm³/mol. The molecule has 0 saturated carbocycles. The molecule has 2 aromatic rings. The van der Waals surface area contributed by atoms with E-state index in [1.807, 2.05) is 0 Å². The molecule has 2 heterocycles. The van der Waals surface area contributed by atoms with Crippen molar-refractivity contribution in [2.45, 2.75) is 0 Å². The van der Waals surface area contributed by atoms with E-state index in [2.05, 4.69) is 19.9 Å². The first-order valence-corrected chi connectivity index (χ1v) is 2.99. The fourth-order valence-electron chi connectivity index (χ4n) is 0.696. The van der Waals surface area contributed by atoms with Gasteiger partial charge in [-0.2, -0.15) is 0 Å². The molecule has 4 nitrogen and oxygen atoms in total. The average molecular weight is 390 g/mol. The van der Waals surface area contributed by atoms with Crippen LogP contribution >= 0.6 is 11.6 Å². The van der Waals surface area contributed by atoms with Gasteiger partial charge in [0.1, 0.15) is 5.15 Å². The first-order valence-electron chi connectivity index (χ1n) is 2.62. The number of hydrogen-bond acceptors (Lipinski definition) is 3. The number of fused-ring (bicyclic) bond motifs is 1. The van der Waals surface area contributed by atoms with Gasteiger partial charge in [0.25, 0.3) is 0 Å². The van der Waals surface area contributed by atoms with Crippen molar-refractivity contribution in [3.8, 4) is 0 Å². The Bertz CT molecular complexity index is 363. The summed E-state index contributed by atoms with van der Waals surface area (Å²) in [6.45, 7) is 0. The second kappa shape index (κ2) is 4.94. The van der Waals surface area contributed by atoms with Gasteiger partial charge < -0.3 is 27.4 Å². The van der Waals surface area contributed by atoms with E-state index in [9.17, 15) is 0 Å². The molecule has 0 aliphatic rings. The van der Waals surface area contributed by atoms with Crippen molar-refractivity contribution in [2.75, 3.05) is 0 Å². The Hall–Kier alpha value is 0.0651. The smallest absolute Gasteiger partial charge is 1.00 e. The molecule has 0 bridgehead atoms. The quantitative estimate of drug-likeness (QED) is 0.374. The summed E-state index contributed by atoms with van der Waals surface area (Å²) in [5.74, 6) is 0. The van der Waals surface area contributed by atoms with Crippen LogP contribution in [0.15, 0.2) is 12.7 Å². The molecule has 0 unspecified atom stereocenters. The normalized spacial score (nSPS) is 8.75. The van der Waals surface area contributed by atoms with Crippen LogP contribution in [0.2, 0.25) is 5.15 Å². The topological polar surface area (TPSA) is 52.8 Å².